The van der Waals surface area contributed by atoms with Gasteiger partial charge in [0.15, 0.2) is 0 Å². The summed E-state index contributed by atoms with van der Waals surface area (Å²) in [7, 11) is 0. The largest absolute Gasteiger partial charge is 0.508 e. The number of β-amino-alcohol motifs (C(OH)–C–C–N with tert-alkyl or cyclic N) is 1. The lowest BCUT2D eigenvalue weighted by Gasteiger charge is -2.21. The van der Waals surface area contributed by atoms with Crippen molar-refractivity contribution in [2.45, 2.75) is 18.4 Å². The molecule has 0 amide bonds. The predicted octanol–water partition coefficient (Wildman–Crippen LogP) is 1.42. The van der Waals surface area contributed by atoms with Gasteiger partial charge in [0.25, 0.3) is 0 Å². The molecule has 0 spiro atoms. The number of benzene rings is 1. The third kappa shape index (κ3) is 2.51. The van der Waals surface area contributed by atoms with Gasteiger partial charge >= 0.3 is 0 Å². The summed E-state index contributed by atoms with van der Waals surface area (Å²) in [5.74, 6) is 0.249. The number of phenolic OH excluding ortho intramolecular Hbond substituents is 1. The zero-order chi connectivity index (χ0) is 10.9. The van der Waals surface area contributed by atoms with E-state index in [1.807, 2.05) is 6.07 Å². The molecule has 3 N–H and O–H groups in total. The molecule has 0 aromatic heterocycles. The van der Waals surface area contributed by atoms with E-state index in [4.69, 9.17) is 0 Å². The molecule has 1 aliphatic rings. The van der Waals surface area contributed by atoms with Gasteiger partial charge in [-0.05, 0) is 36.7 Å². The second-order valence-electron chi connectivity index (χ2n) is 4.10. The highest BCUT2D eigenvalue weighted by molar-refractivity contribution is 9.10. The molecule has 0 radical (unpaired) electrons. The molecule has 1 aliphatic heterocycles. The van der Waals surface area contributed by atoms with E-state index in [9.17, 15) is 10.2 Å². The number of aliphatic hydroxyl groups is 1. The van der Waals surface area contributed by atoms with E-state index < -0.39 is 5.60 Å². The lowest BCUT2D eigenvalue weighted by Crippen LogP contribution is -2.33. The Kier molecular flexibility index (Phi) is 3.00. The fourth-order valence-corrected chi connectivity index (χ4v) is 2.34. The molecule has 3 nitrogen and oxygen atoms in total. The number of rotatable bonds is 2. The van der Waals surface area contributed by atoms with E-state index in [1.54, 1.807) is 12.1 Å². The molecule has 0 bridgehead atoms. The van der Waals surface area contributed by atoms with Crippen molar-refractivity contribution in [1.29, 1.82) is 0 Å². The van der Waals surface area contributed by atoms with Crippen LogP contribution in [0, 0.1) is 0 Å². The predicted molar refractivity (Wildman–Crippen MR) is 61.9 cm³/mol. The van der Waals surface area contributed by atoms with E-state index in [-0.39, 0.29) is 5.75 Å². The fourth-order valence-electron chi connectivity index (χ4n) is 1.93. The first-order valence-corrected chi connectivity index (χ1v) is 5.79. The summed E-state index contributed by atoms with van der Waals surface area (Å²) in [6.07, 6.45) is 1.23. The number of nitrogens with one attached hydrogen (secondary N) is 1. The van der Waals surface area contributed by atoms with E-state index in [1.165, 1.54) is 0 Å². The Morgan fingerprint density at radius 3 is 2.93 bits per heavy atom. The summed E-state index contributed by atoms with van der Waals surface area (Å²) < 4.78 is 0.921. The Hall–Kier alpha value is -0.580. The molecule has 1 unspecified atom stereocenters. The zero-order valence-corrected chi connectivity index (χ0v) is 9.92. The van der Waals surface area contributed by atoms with Gasteiger partial charge in [0.05, 0.1) is 5.60 Å². The molecule has 0 aliphatic carbocycles. The average Bonchev–Trinajstić information content (AvgIpc) is 2.59. The van der Waals surface area contributed by atoms with Crippen LogP contribution in [0.2, 0.25) is 0 Å². The van der Waals surface area contributed by atoms with E-state index in [2.05, 4.69) is 21.2 Å². The van der Waals surface area contributed by atoms with Crippen molar-refractivity contribution in [3.8, 4) is 5.75 Å². The van der Waals surface area contributed by atoms with Crippen molar-refractivity contribution in [2.24, 2.45) is 0 Å². The lowest BCUT2D eigenvalue weighted by atomic mass is 9.93. The minimum absolute atomic E-state index is 0.249. The SMILES string of the molecule is Oc1ccc(Br)cc1CC1(O)CCNC1. The molecule has 1 heterocycles. The number of aromatic hydroxyl groups is 1. The average molecular weight is 272 g/mol. The first-order valence-electron chi connectivity index (χ1n) is 5.00. The third-order valence-electron chi connectivity index (χ3n) is 2.78. The van der Waals surface area contributed by atoms with Crippen LogP contribution in [0.15, 0.2) is 22.7 Å². The summed E-state index contributed by atoms with van der Waals surface area (Å²) in [6, 6.07) is 5.28. The van der Waals surface area contributed by atoms with Gasteiger partial charge in [0.1, 0.15) is 5.75 Å². The molecule has 82 valence electrons. The van der Waals surface area contributed by atoms with Crippen molar-refractivity contribution >= 4 is 15.9 Å². The number of phenols is 1. The summed E-state index contributed by atoms with van der Waals surface area (Å²) in [5, 5.41) is 23.0. The highest BCUT2D eigenvalue weighted by atomic mass is 79.9. The second kappa shape index (κ2) is 4.12. The Morgan fingerprint density at radius 1 is 1.47 bits per heavy atom. The molecule has 1 saturated heterocycles. The van der Waals surface area contributed by atoms with Crippen LogP contribution in [0.1, 0.15) is 12.0 Å². The van der Waals surface area contributed by atoms with Crippen LogP contribution in [-0.4, -0.2) is 28.9 Å². The van der Waals surface area contributed by atoms with Crippen LogP contribution in [0.4, 0.5) is 0 Å². The van der Waals surface area contributed by atoms with Gasteiger partial charge in [0.2, 0.25) is 0 Å². The fraction of sp³-hybridized carbons (Fsp3) is 0.455. The van der Waals surface area contributed by atoms with Crippen LogP contribution in [-0.2, 0) is 6.42 Å². The molecule has 1 atom stereocenters. The Balaban J connectivity index is 2.19. The normalized spacial score (nSPS) is 25.7. The van der Waals surface area contributed by atoms with Gasteiger partial charge in [-0.15, -0.1) is 0 Å². The smallest absolute Gasteiger partial charge is 0.118 e. The van der Waals surface area contributed by atoms with Gasteiger partial charge in [-0.3, -0.25) is 0 Å². The van der Waals surface area contributed by atoms with Gasteiger partial charge in [-0.25, -0.2) is 0 Å². The van der Waals surface area contributed by atoms with Crippen molar-refractivity contribution in [3.05, 3.63) is 28.2 Å². The first-order chi connectivity index (χ1) is 7.09. The summed E-state index contributed by atoms with van der Waals surface area (Å²) in [6.45, 7) is 1.43. The topological polar surface area (TPSA) is 52.5 Å². The van der Waals surface area contributed by atoms with Crippen LogP contribution in [0.3, 0.4) is 0 Å². The maximum Gasteiger partial charge on any atom is 0.118 e. The monoisotopic (exact) mass is 271 g/mol. The summed E-state index contributed by atoms with van der Waals surface area (Å²) >= 11 is 3.35. The molecule has 1 fully saturated rings. The summed E-state index contributed by atoms with van der Waals surface area (Å²) in [5.41, 5.74) is 0.0775. The Labute approximate surface area is 97.3 Å². The van der Waals surface area contributed by atoms with Gasteiger partial charge in [-0.2, -0.15) is 0 Å². The minimum atomic E-state index is -0.710. The molecular formula is C11H14BrNO2. The zero-order valence-electron chi connectivity index (χ0n) is 8.33. The van der Waals surface area contributed by atoms with Crippen LogP contribution >= 0.6 is 15.9 Å². The maximum absolute atomic E-state index is 10.2. The molecular weight excluding hydrogens is 258 g/mol. The van der Waals surface area contributed by atoms with Gasteiger partial charge in [0, 0.05) is 17.4 Å². The molecule has 4 heteroatoms. The Morgan fingerprint density at radius 2 is 2.27 bits per heavy atom. The molecule has 2 rings (SSSR count). The number of halogens is 1. The van der Waals surface area contributed by atoms with E-state index in [0.29, 0.717) is 13.0 Å². The van der Waals surface area contributed by atoms with Crippen LogP contribution < -0.4 is 5.32 Å². The molecule has 0 saturated carbocycles. The second-order valence-corrected chi connectivity index (χ2v) is 5.02. The lowest BCUT2D eigenvalue weighted by molar-refractivity contribution is 0.0612. The van der Waals surface area contributed by atoms with Crippen molar-refractivity contribution < 1.29 is 10.2 Å². The van der Waals surface area contributed by atoms with Crippen LogP contribution in [0.5, 0.6) is 5.75 Å². The summed E-state index contributed by atoms with van der Waals surface area (Å²) in [4.78, 5) is 0. The van der Waals surface area contributed by atoms with Crippen molar-refractivity contribution in [2.75, 3.05) is 13.1 Å². The van der Waals surface area contributed by atoms with Gasteiger partial charge in [-0.1, -0.05) is 15.9 Å². The van der Waals surface area contributed by atoms with Crippen LogP contribution in [0.25, 0.3) is 0 Å². The maximum atomic E-state index is 10.2. The Bertz CT molecular complexity index is 362. The minimum Gasteiger partial charge on any atom is -0.508 e. The highest BCUT2D eigenvalue weighted by Gasteiger charge is 2.31. The standard InChI is InChI=1S/C11H14BrNO2/c12-9-1-2-10(14)8(5-9)6-11(15)3-4-13-7-11/h1-2,5,13-15H,3-4,6-7H2. The third-order valence-corrected chi connectivity index (χ3v) is 3.28. The van der Waals surface area contributed by atoms with Gasteiger partial charge < -0.3 is 15.5 Å². The molecule has 1 aromatic rings. The quantitative estimate of drug-likeness (QED) is 0.763. The highest BCUT2D eigenvalue weighted by Crippen LogP contribution is 2.28. The van der Waals surface area contributed by atoms with E-state index in [0.717, 1.165) is 23.0 Å². The van der Waals surface area contributed by atoms with Crippen molar-refractivity contribution in [1.82, 2.24) is 5.32 Å². The number of hydrogen-bond acceptors (Lipinski definition) is 3. The molecule has 1 aromatic carbocycles. The number of hydrogen-bond donors (Lipinski definition) is 3. The first kappa shape index (κ1) is 10.9. The van der Waals surface area contributed by atoms with E-state index >= 15 is 0 Å². The van der Waals surface area contributed by atoms with Crippen molar-refractivity contribution in [3.63, 3.8) is 0 Å². The molecule has 15 heavy (non-hydrogen) atoms.